The second-order valence-corrected chi connectivity index (χ2v) is 7.20. The Kier molecular flexibility index (Phi) is 5.53. The zero-order valence-electron chi connectivity index (χ0n) is 17.2. The van der Waals surface area contributed by atoms with Gasteiger partial charge in [-0.1, -0.05) is 72.8 Å². The summed E-state index contributed by atoms with van der Waals surface area (Å²) in [4.78, 5) is 0. The highest BCUT2D eigenvalue weighted by molar-refractivity contribution is 5.87. The summed E-state index contributed by atoms with van der Waals surface area (Å²) in [6.07, 6.45) is 0. The van der Waals surface area contributed by atoms with E-state index in [1.165, 1.54) is 27.5 Å². The summed E-state index contributed by atoms with van der Waals surface area (Å²) in [5, 5.41) is 2.51. The van der Waals surface area contributed by atoms with E-state index in [2.05, 4.69) is 79.7 Å². The Balaban J connectivity index is 1.99. The maximum atomic E-state index is 6.12. The van der Waals surface area contributed by atoms with Gasteiger partial charge in [0.15, 0.2) is 0 Å². The summed E-state index contributed by atoms with van der Waals surface area (Å²) >= 11 is 0. The molecular weight excluding hydrogens is 356 g/mol. The molecule has 29 heavy (non-hydrogen) atoms. The lowest BCUT2D eigenvalue weighted by Crippen LogP contribution is -2.08. The lowest BCUT2D eigenvalue weighted by Gasteiger charge is -2.24. The van der Waals surface area contributed by atoms with Crippen LogP contribution in [-0.4, -0.2) is 13.7 Å². The SMILES string of the molecule is CCOc1c(C)cccc1C(c1ccc(OC)cc1)c1cccc2ccccc12. The number of hydrogen-bond donors (Lipinski definition) is 0. The third kappa shape index (κ3) is 3.71. The Labute approximate surface area is 172 Å². The van der Waals surface area contributed by atoms with E-state index in [9.17, 15) is 0 Å². The van der Waals surface area contributed by atoms with E-state index in [0.29, 0.717) is 6.61 Å². The Morgan fingerprint density at radius 3 is 2.21 bits per heavy atom. The number of aryl methyl sites for hydroxylation is 1. The number of methoxy groups -OCH3 is 1. The van der Waals surface area contributed by atoms with E-state index in [1.807, 2.05) is 19.1 Å². The van der Waals surface area contributed by atoms with E-state index < -0.39 is 0 Å². The molecular formula is C27H26O2. The number of para-hydroxylation sites is 1. The summed E-state index contributed by atoms with van der Waals surface area (Å²) in [6, 6.07) is 29.9. The highest BCUT2D eigenvalue weighted by Crippen LogP contribution is 2.41. The van der Waals surface area contributed by atoms with Gasteiger partial charge in [0.1, 0.15) is 11.5 Å². The molecule has 0 spiro atoms. The average molecular weight is 383 g/mol. The predicted octanol–water partition coefficient (Wildman–Crippen LogP) is 6.74. The smallest absolute Gasteiger partial charge is 0.126 e. The van der Waals surface area contributed by atoms with Gasteiger partial charge in [-0.2, -0.15) is 0 Å². The summed E-state index contributed by atoms with van der Waals surface area (Å²) in [6.45, 7) is 4.79. The van der Waals surface area contributed by atoms with Crippen LogP contribution in [0.15, 0.2) is 84.9 Å². The summed E-state index contributed by atoms with van der Waals surface area (Å²) in [5.41, 5.74) is 4.84. The highest BCUT2D eigenvalue weighted by atomic mass is 16.5. The van der Waals surface area contributed by atoms with E-state index in [-0.39, 0.29) is 5.92 Å². The molecule has 0 heterocycles. The van der Waals surface area contributed by atoms with Crippen LogP contribution in [0.25, 0.3) is 10.8 Å². The normalized spacial score (nSPS) is 12.0. The zero-order chi connectivity index (χ0) is 20.2. The van der Waals surface area contributed by atoms with Gasteiger partial charge < -0.3 is 9.47 Å². The molecule has 1 atom stereocenters. The van der Waals surface area contributed by atoms with Gasteiger partial charge in [0, 0.05) is 11.5 Å². The molecule has 1 unspecified atom stereocenters. The Morgan fingerprint density at radius 1 is 0.759 bits per heavy atom. The van der Waals surface area contributed by atoms with Crippen LogP contribution in [0.4, 0.5) is 0 Å². The minimum absolute atomic E-state index is 0.0634. The second kappa shape index (κ2) is 8.40. The molecule has 0 bridgehead atoms. The Bertz CT molecular complexity index is 1110. The Hall–Kier alpha value is -3.26. The number of benzene rings is 4. The number of fused-ring (bicyclic) bond motifs is 1. The van der Waals surface area contributed by atoms with E-state index >= 15 is 0 Å². The number of ether oxygens (including phenoxy) is 2. The van der Waals surface area contributed by atoms with E-state index in [0.717, 1.165) is 17.1 Å². The third-order valence-corrected chi connectivity index (χ3v) is 5.43. The minimum Gasteiger partial charge on any atom is -0.497 e. The van der Waals surface area contributed by atoms with Crippen molar-refractivity contribution in [2.75, 3.05) is 13.7 Å². The van der Waals surface area contributed by atoms with Crippen LogP contribution in [0.1, 0.15) is 35.1 Å². The monoisotopic (exact) mass is 382 g/mol. The molecule has 4 rings (SSSR count). The van der Waals surface area contributed by atoms with Crippen LogP contribution < -0.4 is 9.47 Å². The van der Waals surface area contributed by atoms with Crippen LogP contribution in [-0.2, 0) is 0 Å². The van der Waals surface area contributed by atoms with Gasteiger partial charge in [-0.15, -0.1) is 0 Å². The van der Waals surface area contributed by atoms with Gasteiger partial charge in [-0.3, -0.25) is 0 Å². The Morgan fingerprint density at radius 2 is 1.45 bits per heavy atom. The molecule has 2 nitrogen and oxygen atoms in total. The first-order valence-electron chi connectivity index (χ1n) is 10.1. The largest absolute Gasteiger partial charge is 0.497 e. The van der Waals surface area contributed by atoms with Crippen molar-refractivity contribution in [3.63, 3.8) is 0 Å². The van der Waals surface area contributed by atoms with Crippen LogP contribution >= 0.6 is 0 Å². The molecule has 4 aromatic carbocycles. The van der Waals surface area contributed by atoms with Gasteiger partial charge in [-0.05, 0) is 53.4 Å². The standard InChI is InChI=1S/C27H26O2/c1-4-29-27-19(2)9-7-14-25(27)26(21-15-17-22(28-3)18-16-21)24-13-8-11-20-10-5-6-12-23(20)24/h5-18,26H,4H2,1-3H3. The lowest BCUT2D eigenvalue weighted by atomic mass is 9.82. The fourth-order valence-corrected chi connectivity index (χ4v) is 4.07. The van der Waals surface area contributed by atoms with Gasteiger partial charge in [0.05, 0.1) is 13.7 Å². The first kappa shape index (κ1) is 19.1. The van der Waals surface area contributed by atoms with Crippen molar-refractivity contribution in [1.82, 2.24) is 0 Å². The van der Waals surface area contributed by atoms with Gasteiger partial charge in [0.25, 0.3) is 0 Å². The first-order chi connectivity index (χ1) is 14.2. The molecule has 146 valence electrons. The third-order valence-electron chi connectivity index (χ3n) is 5.43. The van der Waals surface area contributed by atoms with Crippen LogP contribution in [0, 0.1) is 6.92 Å². The summed E-state index contributed by atoms with van der Waals surface area (Å²) < 4.78 is 11.5. The predicted molar refractivity (Wildman–Crippen MR) is 120 cm³/mol. The van der Waals surface area contributed by atoms with E-state index in [4.69, 9.17) is 9.47 Å². The number of rotatable bonds is 6. The molecule has 4 aromatic rings. The van der Waals surface area contributed by atoms with Crippen molar-refractivity contribution in [2.45, 2.75) is 19.8 Å². The molecule has 0 aromatic heterocycles. The zero-order valence-corrected chi connectivity index (χ0v) is 17.2. The van der Waals surface area contributed by atoms with Crippen LogP contribution in [0.5, 0.6) is 11.5 Å². The van der Waals surface area contributed by atoms with E-state index in [1.54, 1.807) is 7.11 Å². The second-order valence-electron chi connectivity index (χ2n) is 7.20. The fourth-order valence-electron chi connectivity index (χ4n) is 4.07. The van der Waals surface area contributed by atoms with Crippen molar-refractivity contribution in [3.05, 3.63) is 107 Å². The molecule has 0 N–H and O–H groups in total. The quantitative estimate of drug-likeness (QED) is 0.344. The molecule has 2 heteroatoms. The molecule has 0 fully saturated rings. The van der Waals surface area contributed by atoms with Crippen molar-refractivity contribution in [1.29, 1.82) is 0 Å². The maximum absolute atomic E-state index is 6.12. The minimum atomic E-state index is 0.0634. The van der Waals surface area contributed by atoms with Crippen LogP contribution in [0.3, 0.4) is 0 Å². The number of hydrogen-bond acceptors (Lipinski definition) is 2. The highest BCUT2D eigenvalue weighted by Gasteiger charge is 2.23. The van der Waals surface area contributed by atoms with Crippen molar-refractivity contribution >= 4 is 10.8 Å². The average Bonchev–Trinajstić information content (AvgIpc) is 2.77. The molecule has 0 amide bonds. The van der Waals surface area contributed by atoms with Gasteiger partial charge in [0.2, 0.25) is 0 Å². The van der Waals surface area contributed by atoms with Crippen molar-refractivity contribution in [2.24, 2.45) is 0 Å². The molecule has 0 radical (unpaired) electrons. The molecule has 0 aliphatic rings. The summed E-state index contributed by atoms with van der Waals surface area (Å²) in [7, 11) is 1.70. The van der Waals surface area contributed by atoms with Gasteiger partial charge in [-0.25, -0.2) is 0 Å². The van der Waals surface area contributed by atoms with Gasteiger partial charge >= 0.3 is 0 Å². The molecule has 0 saturated carbocycles. The maximum Gasteiger partial charge on any atom is 0.126 e. The van der Waals surface area contributed by atoms with Crippen molar-refractivity contribution < 1.29 is 9.47 Å². The van der Waals surface area contributed by atoms with Crippen molar-refractivity contribution in [3.8, 4) is 11.5 Å². The molecule has 0 saturated heterocycles. The fraction of sp³-hybridized carbons (Fsp3) is 0.185. The topological polar surface area (TPSA) is 18.5 Å². The van der Waals surface area contributed by atoms with Crippen LogP contribution in [0.2, 0.25) is 0 Å². The lowest BCUT2D eigenvalue weighted by molar-refractivity contribution is 0.334. The molecule has 0 aliphatic carbocycles. The summed E-state index contributed by atoms with van der Waals surface area (Å²) in [5.74, 6) is 1.90. The first-order valence-corrected chi connectivity index (χ1v) is 10.1. The molecule has 0 aliphatic heterocycles.